The molecular formula is C63H111N2O7P. The number of unbranched alkanes of at least 4 members (excludes halogenated alkanes) is 24. The third kappa shape index (κ3) is 53.6. The zero-order chi connectivity index (χ0) is 53.6. The Balaban J connectivity index is 5.42. The monoisotopic (exact) mass is 1040 g/mol. The molecule has 0 heterocycles. The summed E-state index contributed by atoms with van der Waals surface area (Å²) in [7, 11) is 1.14. The zero-order valence-electron chi connectivity index (χ0n) is 47.8. The van der Waals surface area contributed by atoms with Gasteiger partial charge in [-0.3, -0.25) is 14.2 Å². The molecule has 0 fully saturated rings. The van der Waals surface area contributed by atoms with Crippen molar-refractivity contribution in [3.05, 3.63) is 97.2 Å². The van der Waals surface area contributed by atoms with E-state index in [9.17, 15) is 19.0 Å². The van der Waals surface area contributed by atoms with Crippen molar-refractivity contribution >= 4 is 19.7 Å². The molecule has 0 aromatic rings. The van der Waals surface area contributed by atoms with Gasteiger partial charge in [0.2, 0.25) is 5.91 Å². The molecule has 0 bridgehead atoms. The van der Waals surface area contributed by atoms with E-state index in [1.807, 2.05) is 33.3 Å². The first-order chi connectivity index (χ1) is 35.4. The maximum Gasteiger partial charge on any atom is 0.306 e. The topological polar surface area (TPSA) is 114 Å². The minimum atomic E-state index is -4.71. The average Bonchev–Trinajstić information content (AvgIpc) is 3.35. The Labute approximate surface area is 449 Å². The molecule has 0 saturated heterocycles. The van der Waals surface area contributed by atoms with Gasteiger partial charge in [-0.2, -0.15) is 0 Å². The molecule has 420 valence electrons. The lowest BCUT2D eigenvalue weighted by molar-refractivity contribution is -0.870. The number of likely N-dealkylation sites (N-methyl/N-ethyl adjacent to an activating group) is 1. The molecule has 1 N–H and O–H groups in total. The van der Waals surface area contributed by atoms with Crippen molar-refractivity contribution in [2.45, 2.75) is 251 Å². The second kappa shape index (κ2) is 52.4. The summed E-state index contributed by atoms with van der Waals surface area (Å²) in [6, 6.07) is -0.913. The molecule has 73 heavy (non-hydrogen) atoms. The molecule has 9 nitrogen and oxygen atoms in total. The summed E-state index contributed by atoms with van der Waals surface area (Å²) in [5, 5.41) is 3.01. The highest BCUT2D eigenvalue weighted by Crippen LogP contribution is 2.38. The first-order valence-corrected chi connectivity index (χ1v) is 31.0. The van der Waals surface area contributed by atoms with Crippen LogP contribution in [-0.4, -0.2) is 69.4 Å². The number of nitrogens with zero attached hydrogens (tertiary/aromatic N) is 1. The predicted octanol–water partition coefficient (Wildman–Crippen LogP) is 17.4. The molecule has 0 aliphatic heterocycles. The van der Waals surface area contributed by atoms with Crippen LogP contribution in [0, 0.1) is 0 Å². The third-order valence-electron chi connectivity index (χ3n) is 12.6. The van der Waals surface area contributed by atoms with Gasteiger partial charge in [-0.15, -0.1) is 0 Å². The summed E-state index contributed by atoms with van der Waals surface area (Å²) in [4.78, 5) is 39.9. The molecule has 0 saturated carbocycles. The molecule has 0 aromatic carbocycles. The fourth-order valence-electron chi connectivity index (χ4n) is 7.97. The van der Waals surface area contributed by atoms with Gasteiger partial charge < -0.3 is 28.5 Å². The quantitative estimate of drug-likeness (QED) is 0.0161. The number of nitrogens with one attached hydrogen (secondary N) is 1. The Morgan fingerprint density at radius 1 is 0.507 bits per heavy atom. The van der Waals surface area contributed by atoms with Crippen molar-refractivity contribution in [3.8, 4) is 0 Å². The Kier molecular flexibility index (Phi) is 50.2. The standard InChI is InChI=1S/C63H111N2O7P/c1-7-10-13-16-19-22-25-28-30-31-32-33-35-38-41-44-47-50-53-56-63(67)72-61(54-51-48-45-42-39-36-27-24-21-18-15-12-9-3)60(59-71-73(68,69)70-58-57-65(4,5)6)64-62(66)55-52-49-46-43-40-37-34-29-26-23-20-17-14-11-8-2/h11,14,17,19-20,22-23,26,28,30,32-33,38,41,51,54,60-61H,7-10,12-13,15-16,18,21,24-25,27,29,31,34-37,39-40,42-50,52-53,55-59H2,1-6H3,(H-,64,66,68,69)/b14-11+,20-17+,22-19-,26-23+,30-28-,33-32-,41-38-,54-51+. The highest BCUT2D eigenvalue weighted by atomic mass is 31.2. The molecule has 0 aliphatic carbocycles. The van der Waals surface area contributed by atoms with E-state index >= 15 is 0 Å². The van der Waals surface area contributed by atoms with Crippen LogP contribution in [0.5, 0.6) is 0 Å². The van der Waals surface area contributed by atoms with Crippen molar-refractivity contribution < 1.29 is 37.3 Å². The van der Waals surface area contributed by atoms with Gasteiger partial charge in [0.05, 0.1) is 33.8 Å². The highest BCUT2D eigenvalue weighted by molar-refractivity contribution is 7.45. The maximum absolute atomic E-state index is 13.5. The lowest BCUT2D eigenvalue weighted by atomic mass is 10.0. The fourth-order valence-corrected chi connectivity index (χ4v) is 8.70. The van der Waals surface area contributed by atoms with Crippen molar-refractivity contribution in [3.63, 3.8) is 0 Å². The average molecular weight is 1040 g/mol. The second-order valence-electron chi connectivity index (χ2n) is 20.8. The first kappa shape index (κ1) is 69.9. The van der Waals surface area contributed by atoms with Crippen LogP contribution in [0.1, 0.15) is 239 Å². The van der Waals surface area contributed by atoms with E-state index in [1.54, 1.807) is 0 Å². The Bertz CT molecular complexity index is 1570. The van der Waals surface area contributed by atoms with Gasteiger partial charge in [0, 0.05) is 12.8 Å². The number of phosphoric acid groups is 1. The van der Waals surface area contributed by atoms with Crippen LogP contribution < -0.4 is 10.2 Å². The van der Waals surface area contributed by atoms with Crippen molar-refractivity contribution in [1.29, 1.82) is 0 Å². The molecule has 1 amide bonds. The summed E-state index contributed by atoms with van der Waals surface area (Å²) in [5.74, 6) is -0.596. The molecule has 0 spiro atoms. The van der Waals surface area contributed by atoms with Crippen LogP contribution in [0.3, 0.4) is 0 Å². The van der Waals surface area contributed by atoms with E-state index < -0.39 is 26.6 Å². The van der Waals surface area contributed by atoms with Crippen LogP contribution in [0.25, 0.3) is 0 Å². The molecule has 0 radical (unpaired) electrons. The Morgan fingerprint density at radius 3 is 1.47 bits per heavy atom. The molecule has 0 rings (SSSR count). The molecule has 10 heteroatoms. The van der Waals surface area contributed by atoms with Gasteiger partial charge in [-0.1, -0.05) is 227 Å². The van der Waals surface area contributed by atoms with E-state index in [-0.39, 0.29) is 24.9 Å². The van der Waals surface area contributed by atoms with Gasteiger partial charge in [-0.05, 0) is 96.0 Å². The maximum atomic E-state index is 13.5. The number of carbonyl (C=O) groups is 2. The van der Waals surface area contributed by atoms with Gasteiger partial charge in [0.25, 0.3) is 7.82 Å². The number of quaternary nitrogens is 1. The van der Waals surface area contributed by atoms with E-state index in [0.717, 1.165) is 96.3 Å². The largest absolute Gasteiger partial charge is 0.756 e. The lowest BCUT2D eigenvalue weighted by Crippen LogP contribution is -2.47. The van der Waals surface area contributed by atoms with E-state index in [4.69, 9.17) is 13.8 Å². The molecule has 0 aromatic heterocycles. The van der Waals surface area contributed by atoms with E-state index in [2.05, 4.69) is 111 Å². The number of hydrogen-bond acceptors (Lipinski definition) is 7. The molecule has 3 unspecified atom stereocenters. The fraction of sp³-hybridized carbons (Fsp3) is 0.714. The zero-order valence-corrected chi connectivity index (χ0v) is 48.7. The number of carbonyl (C=O) groups excluding carboxylic acids is 2. The number of amides is 1. The lowest BCUT2D eigenvalue weighted by Gasteiger charge is -2.30. The van der Waals surface area contributed by atoms with Gasteiger partial charge in [0.15, 0.2) is 0 Å². The van der Waals surface area contributed by atoms with Gasteiger partial charge >= 0.3 is 5.97 Å². The Hall–Kier alpha value is -3.07. The Morgan fingerprint density at radius 2 is 0.932 bits per heavy atom. The minimum Gasteiger partial charge on any atom is -0.756 e. The number of hydrogen-bond donors (Lipinski definition) is 1. The van der Waals surface area contributed by atoms with E-state index in [0.29, 0.717) is 23.9 Å². The molecular weight excluding hydrogens is 928 g/mol. The van der Waals surface area contributed by atoms with Gasteiger partial charge in [0.1, 0.15) is 19.3 Å². The summed E-state index contributed by atoms with van der Waals surface area (Å²) in [5.41, 5.74) is 0. The summed E-state index contributed by atoms with van der Waals surface area (Å²) < 4.78 is 30.2. The van der Waals surface area contributed by atoms with Crippen LogP contribution in [0.2, 0.25) is 0 Å². The third-order valence-corrected chi connectivity index (χ3v) is 13.5. The smallest absolute Gasteiger partial charge is 0.306 e. The summed E-state index contributed by atoms with van der Waals surface area (Å²) >= 11 is 0. The minimum absolute atomic E-state index is 0.0349. The van der Waals surface area contributed by atoms with Crippen LogP contribution >= 0.6 is 7.82 Å². The number of esters is 1. The molecule has 3 atom stereocenters. The van der Waals surface area contributed by atoms with Crippen LogP contribution in [0.15, 0.2) is 97.2 Å². The van der Waals surface area contributed by atoms with Crippen molar-refractivity contribution in [2.75, 3.05) is 40.9 Å². The molecule has 0 aliphatic rings. The second-order valence-corrected chi connectivity index (χ2v) is 22.2. The van der Waals surface area contributed by atoms with Crippen LogP contribution in [0.4, 0.5) is 0 Å². The van der Waals surface area contributed by atoms with Crippen molar-refractivity contribution in [2.24, 2.45) is 0 Å². The first-order valence-electron chi connectivity index (χ1n) is 29.6. The SMILES string of the molecule is CC/C=C/C=C/C=C/CCCCCCCCCC(=O)NC(COP(=O)([O-])OCC[N+](C)(C)C)C(/C=C/CCCCCCCCCCCCC)OC(=O)CCCCC/C=C\C/C=C\C/C=C\C/C=C\CCCCC. The number of phosphoric ester groups is 1. The summed E-state index contributed by atoms with van der Waals surface area (Å²) in [6.45, 7) is 6.64. The van der Waals surface area contributed by atoms with Crippen molar-refractivity contribution in [1.82, 2.24) is 5.32 Å². The number of allylic oxidation sites excluding steroid dienone is 15. The van der Waals surface area contributed by atoms with E-state index in [1.165, 1.54) is 103 Å². The number of rotatable bonds is 52. The predicted molar refractivity (Wildman–Crippen MR) is 311 cm³/mol. The highest BCUT2D eigenvalue weighted by Gasteiger charge is 2.27. The summed E-state index contributed by atoms with van der Waals surface area (Å²) in [6.07, 6.45) is 69.4. The van der Waals surface area contributed by atoms with Gasteiger partial charge in [-0.25, -0.2) is 0 Å². The number of ether oxygens (including phenoxy) is 1. The van der Waals surface area contributed by atoms with Crippen LogP contribution in [-0.2, 0) is 27.9 Å². The normalized spacial score (nSPS) is 14.5.